The molecule has 7 heteroatoms. The van der Waals surface area contributed by atoms with Crippen molar-refractivity contribution in [3.05, 3.63) is 51.7 Å². The van der Waals surface area contributed by atoms with Crippen LogP contribution >= 0.6 is 0 Å². The maximum absolute atomic E-state index is 12.7. The van der Waals surface area contributed by atoms with Crippen molar-refractivity contribution in [2.24, 2.45) is 5.92 Å². The molecule has 0 spiro atoms. The van der Waals surface area contributed by atoms with Gasteiger partial charge in [0, 0.05) is 61.7 Å². The fourth-order valence-corrected chi connectivity index (χ4v) is 4.50. The summed E-state index contributed by atoms with van der Waals surface area (Å²) in [6.45, 7) is 6.76. The smallest absolute Gasteiger partial charge is 0.250 e. The van der Waals surface area contributed by atoms with E-state index in [0.717, 1.165) is 43.0 Å². The lowest BCUT2D eigenvalue weighted by atomic mass is 9.83. The Bertz CT molecular complexity index is 918. The number of fused-ring (bicyclic) bond motifs is 4. The van der Waals surface area contributed by atoms with Gasteiger partial charge in [0.2, 0.25) is 11.9 Å². The van der Waals surface area contributed by atoms with Crippen LogP contribution in [0, 0.1) is 19.8 Å². The van der Waals surface area contributed by atoms with Crippen LogP contribution in [0.5, 0.6) is 0 Å². The number of nitrogens with one attached hydrogen (secondary N) is 1. The van der Waals surface area contributed by atoms with E-state index in [9.17, 15) is 9.59 Å². The van der Waals surface area contributed by atoms with Gasteiger partial charge in [0.1, 0.15) is 0 Å². The zero-order chi connectivity index (χ0) is 19.7. The third-order valence-electron chi connectivity index (χ3n) is 5.67. The molecule has 1 fully saturated rings. The van der Waals surface area contributed by atoms with Crippen molar-refractivity contribution in [1.29, 1.82) is 0 Å². The number of carbonyl (C=O) groups excluding carboxylic acids is 1. The Kier molecular flexibility index (Phi) is 5.15. The van der Waals surface area contributed by atoms with Gasteiger partial charge < -0.3 is 14.8 Å². The largest absolute Gasteiger partial charge is 0.354 e. The number of aromatic nitrogens is 3. The summed E-state index contributed by atoms with van der Waals surface area (Å²) in [5.41, 5.74) is 3.03. The molecule has 7 nitrogen and oxygen atoms in total. The van der Waals surface area contributed by atoms with Gasteiger partial charge in [-0.25, -0.2) is 9.97 Å². The minimum Gasteiger partial charge on any atom is -0.354 e. The predicted octanol–water partition coefficient (Wildman–Crippen LogP) is 2.09. The number of hydrogen-bond donors (Lipinski definition) is 1. The fraction of sp³-hybridized carbons (Fsp3) is 0.524. The molecule has 4 rings (SSSR count). The topological polar surface area (TPSA) is 80.1 Å². The lowest BCUT2D eigenvalue weighted by Gasteiger charge is -2.42. The SMILES string of the molecule is Cc1cc(C)nc(NCCCC(=O)N2C[C@@H]3C[C@H](C2)c2cccc(=O)n2C3)n1. The van der Waals surface area contributed by atoms with Crippen molar-refractivity contribution in [1.82, 2.24) is 19.4 Å². The molecule has 4 heterocycles. The summed E-state index contributed by atoms with van der Waals surface area (Å²) in [5, 5.41) is 3.21. The lowest BCUT2D eigenvalue weighted by Crippen LogP contribution is -2.49. The van der Waals surface area contributed by atoms with Crippen molar-refractivity contribution >= 4 is 11.9 Å². The van der Waals surface area contributed by atoms with E-state index in [0.29, 0.717) is 31.4 Å². The molecule has 2 aliphatic heterocycles. The molecule has 2 aromatic heterocycles. The van der Waals surface area contributed by atoms with Crippen LogP contribution in [-0.2, 0) is 11.3 Å². The minimum atomic E-state index is 0.0756. The van der Waals surface area contributed by atoms with E-state index < -0.39 is 0 Å². The molecule has 0 aromatic carbocycles. The molecule has 0 saturated carbocycles. The fourth-order valence-electron chi connectivity index (χ4n) is 4.50. The highest BCUT2D eigenvalue weighted by atomic mass is 16.2. The van der Waals surface area contributed by atoms with Crippen LogP contribution in [0.3, 0.4) is 0 Å². The first-order chi connectivity index (χ1) is 13.5. The Labute approximate surface area is 164 Å². The molecule has 1 saturated heterocycles. The molecule has 28 heavy (non-hydrogen) atoms. The standard InChI is InChI=1S/C21H27N5O2/c1-14-9-15(2)24-21(23-14)22-8-4-7-19(27)25-11-16-10-17(13-25)18-5-3-6-20(28)26(18)12-16/h3,5-6,9,16-17H,4,7-8,10-13H2,1-2H3,(H,22,23,24)/t16-,17+/m0/s1. The van der Waals surface area contributed by atoms with Gasteiger partial charge in [0.25, 0.3) is 5.56 Å². The third kappa shape index (κ3) is 3.93. The monoisotopic (exact) mass is 381 g/mol. The van der Waals surface area contributed by atoms with Gasteiger partial charge in [0.05, 0.1) is 0 Å². The van der Waals surface area contributed by atoms with Gasteiger partial charge in [-0.1, -0.05) is 6.07 Å². The molecular weight excluding hydrogens is 354 g/mol. The molecule has 2 aromatic rings. The minimum absolute atomic E-state index is 0.0756. The van der Waals surface area contributed by atoms with Crippen molar-refractivity contribution < 1.29 is 4.79 Å². The summed E-state index contributed by atoms with van der Waals surface area (Å²) < 4.78 is 1.90. The normalized spacial score (nSPS) is 20.6. The van der Waals surface area contributed by atoms with Crippen LogP contribution < -0.4 is 10.9 Å². The Morgan fingerprint density at radius 3 is 2.75 bits per heavy atom. The number of rotatable bonds is 5. The Morgan fingerprint density at radius 1 is 1.18 bits per heavy atom. The molecule has 0 unspecified atom stereocenters. The number of nitrogens with zero attached hydrogens (tertiary/aromatic N) is 4. The molecule has 2 aliphatic rings. The second kappa shape index (κ2) is 7.73. The van der Waals surface area contributed by atoms with Crippen LogP contribution in [0.15, 0.2) is 29.1 Å². The number of aryl methyl sites for hydroxylation is 2. The van der Waals surface area contributed by atoms with E-state index in [4.69, 9.17) is 0 Å². The molecule has 2 bridgehead atoms. The van der Waals surface area contributed by atoms with E-state index in [1.807, 2.05) is 41.5 Å². The molecule has 0 aliphatic carbocycles. The van der Waals surface area contributed by atoms with Crippen LogP contribution in [-0.4, -0.2) is 45.0 Å². The van der Waals surface area contributed by atoms with E-state index >= 15 is 0 Å². The highest BCUT2D eigenvalue weighted by Gasteiger charge is 2.35. The third-order valence-corrected chi connectivity index (χ3v) is 5.67. The summed E-state index contributed by atoms with van der Waals surface area (Å²) in [7, 11) is 0. The zero-order valence-corrected chi connectivity index (χ0v) is 16.5. The summed E-state index contributed by atoms with van der Waals surface area (Å²) in [6, 6.07) is 7.42. The van der Waals surface area contributed by atoms with Gasteiger partial charge in [-0.2, -0.15) is 0 Å². The number of carbonyl (C=O) groups is 1. The molecule has 1 N–H and O–H groups in total. The zero-order valence-electron chi connectivity index (χ0n) is 16.5. The average Bonchev–Trinajstić information content (AvgIpc) is 2.65. The van der Waals surface area contributed by atoms with Gasteiger partial charge in [0.15, 0.2) is 0 Å². The summed E-state index contributed by atoms with van der Waals surface area (Å²) in [5.74, 6) is 1.47. The molecule has 1 amide bonds. The van der Waals surface area contributed by atoms with Crippen molar-refractivity contribution in [2.75, 3.05) is 25.0 Å². The van der Waals surface area contributed by atoms with Crippen LogP contribution in [0.4, 0.5) is 5.95 Å². The Balaban J connectivity index is 1.31. The number of pyridine rings is 1. The van der Waals surface area contributed by atoms with Crippen LogP contribution in [0.1, 0.15) is 42.3 Å². The first-order valence-corrected chi connectivity index (χ1v) is 10.0. The summed E-state index contributed by atoms with van der Waals surface area (Å²) in [4.78, 5) is 35.6. The summed E-state index contributed by atoms with van der Waals surface area (Å²) in [6.07, 6.45) is 2.33. The highest BCUT2D eigenvalue weighted by Crippen LogP contribution is 2.35. The van der Waals surface area contributed by atoms with Gasteiger partial charge in [-0.3, -0.25) is 9.59 Å². The van der Waals surface area contributed by atoms with E-state index in [1.54, 1.807) is 6.07 Å². The maximum atomic E-state index is 12.7. The van der Waals surface area contributed by atoms with Crippen molar-refractivity contribution in [2.45, 2.75) is 45.6 Å². The van der Waals surface area contributed by atoms with Gasteiger partial charge in [-0.05, 0) is 44.7 Å². The number of anilines is 1. The van der Waals surface area contributed by atoms with E-state index in [-0.39, 0.29) is 17.4 Å². The predicted molar refractivity (Wildman–Crippen MR) is 107 cm³/mol. The Morgan fingerprint density at radius 2 is 1.96 bits per heavy atom. The first kappa shape index (κ1) is 18.7. The van der Waals surface area contributed by atoms with Gasteiger partial charge in [-0.15, -0.1) is 0 Å². The number of hydrogen-bond acceptors (Lipinski definition) is 5. The van der Waals surface area contributed by atoms with Gasteiger partial charge >= 0.3 is 0 Å². The molecular formula is C21H27N5O2. The number of likely N-dealkylation sites (tertiary alicyclic amines) is 1. The second-order valence-corrected chi connectivity index (χ2v) is 8.00. The maximum Gasteiger partial charge on any atom is 0.250 e. The van der Waals surface area contributed by atoms with E-state index in [2.05, 4.69) is 15.3 Å². The van der Waals surface area contributed by atoms with E-state index in [1.165, 1.54) is 0 Å². The van der Waals surface area contributed by atoms with Crippen molar-refractivity contribution in [3.8, 4) is 0 Å². The highest BCUT2D eigenvalue weighted by molar-refractivity contribution is 5.76. The number of piperidine rings is 1. The van der Waals surface area contributed by atoms with Crippen molar-refractivity contribution in [3.63, 3.8) is 0 Å². The van der Waals surface area contributed by atoms with Crippen LogP contribution in [0.25, 0.3) is 0 Å². The summed E-state index contributed by atoms with van der Waals surface area (Å²) >= 11 is 0. The number of amides is 1. The lowest BCUT2D eigenvalue weighted by molar-refractivity contribution is -0.134. The molecule has 2 atom stereocenters. The van der Waals surface area contributed by atoms with Crippen LogP contribution in [0.2, 0.25) is 0 Å². The molecule has 0 radical (unpaired) electrons. The molecule has 148 valence electrons. The quantitative estimate of drug-likeness (QED) is 0.802. The first-order valence-electron chi connectivity index (χ1n) is 10.0. The Hall–Kier alpha value is -2.70. The average molecular weight is 381 g/mol. The second-order valence-electron chi connectivity index (χ2n) is 8.00.